The number of benzene rings is 2. The highest BCUT2D eigenvalue weighted by molar-refractivity contribution is 5.96. The molecule has 0 radical (unpaired) electrons. The first kappa shape index (κ1) is 18.8. The van der Waals surface area contributed by atoms with E-state index >= 15 is 0 Å². The quantitative estimate of drug-likeness (QED) is 0.742. The monoisotopic (exact) mass is 378 g/mol. The number of para-hydroxylation sites is 1. The molecule has 0 atom stereocenters. The number of nitrogens with one attached hydrogen (secondary N) is 1. The van der Waals surface area contributed by atoms with Crippen LogP contribution in [0.2, 0.25) is 0 Å². The Bertz CT molecular complexity index is 752. The van der Waals surface area contributed by atoms with Gasteiger partial charge in [-0.1, -0.05) is 18.2 Å². The summed E-state index contributed by atoms with van der Waals surface area (Å²) in [7, 11) is 0. The first-order valence-electron chi connectivity index (χ1n) is 10.4. The fourth-order valence-electron chi connectivity index (χ4n) is 3.79. The molecule has 5 heteroatoms. The van der Waals surface area contributed by atoms with Crippen molar-refractivity contribution in [1.29, 1.82) is 0 Å². The van der Waals surface area contributed by atoms with Crippen LogP contribution in [0.4, 0.5) is 11.4 Å². The zero-order valence-electron chi connectivity index (χ0n) is 16.5. The highest BCUT2D eigenvalue weighted by Crippen LogP contribution is 2.18. The maximum Gasteiger partial charge on any atom is 0.119 e. The molecule has 2 aliphatic rings. The SMILES string of the molecule is c1ccc(N2CCN(CCCOc3ccc(NC4=NCCC4)cc3)CC2)cc1. The van der Waals surface area contributed by atoms with Crippen LogP contribution >= 0.6 is 0 Å². The van der Waals surface area contributed by atoms with Gasteiger partial charge in [-0.25, -0.2) is 0 Å². The Labute approximate surface area is 168 Å². The van der Waals surface area contributed by atoms with Gasteiger partial charge in [-0.15, -0.1) is 0 Å². The number of hydrogen-bond acceptors (Lipinski definition) is 5. The summed E-state index contributed by atoms with van der Waals surface area (Å²) in [5, 5.41) is 3.38. The average molecular weight is 379 g/mol. The van der Waals surface area contributed by atoms with E-state index in [1.54, 1.807) is 0 Å². The lowest BCUT2D eigenvalue weighted by atomic mass is 10.2. The minimum Gasteiger partial charge on any atom is -0.494 e. The van der Waals surface area contributed by atoms with E-state index in [2.05, 4.69) is 62.6 Å². The predicted octanol–water partition coefficient (Wildman–Crippen LogP) is 3.88. The van der Waals surface area contributed by atoms with E-state index < -0.39 is 0 Å². The Morgan fingerprint density at radius 2 is 1.71 bits per heavy atom. The second-order valence-electron chi connectivity index (χ2n) is 7.45. The Balaban J connectivity index is 1.12. The molecular formula is C23H30N4O. The third-order valence-electron chi connectivity index (χ3n) is 5.40. The molecule has 5 nitrogen and oxygen atoms in total. The minimum absolute atomic E-state index is 0.762. The van der Waals surface area contributed by atoms with Crippen molar-refractivity contribution < 1.29 is 4.74 Å². The molecule has 1 fully saturated rings. The number of hydrogen-bond donors (Lipinski definition) is 1. The molecule has 1 saturated heterocycles. The zero-order valence-corrected chi connectivity index (χ0v) is 16.5. The first-order chi connectivity index (χ1) is 13.9. The van der Waals surface area contributed by atoms with Crippen molar-refractivity contribution in [3.63, 3.8) is 0 Å². The largest absolute Gasteiger partial charge is 0.494 e. The van der Waals surface area contributed by atoms with Gasteiger partial charge in [0.1, 0.15) is 11.6 Å². The third kappa shape index (κ3) is 5.26. The van der Waals surface area contributed by atoms with Crippen LogP contribution in [0.5, 0.6) is 5.75 Å². The molecule has 2 aromatic rings. The maximum absolute atomic E-state index is 5.92. The third-order valence-corrected chi connectivity index (χ3v) is 5.40. The Hall–Kier alpha value is -2.53. The summed E-state index contributed by atoms with van der Waals surface area (Å²) in [6.45, 7) is 7.26. The van der Waals surface area contributed by atoms with Gasteiger partial charge in [-0.3, -0.25) is 9.89 Å². The summed E-state index contributed by atoms with van der Waals surface area (Å²) in [6.07, 6.45) is 3.27. The first-order valence-corrected chi connectivity index (χ1v) is 10.4. The molecule has 1 N–H and O–H groups in total. The minimum atomic E-state index is 0.762. The van der Waals surface area contributed by atoms with Crippen LogP contribution in [0.15, 0.2) is 59.6 Å². The van der Waals surface area contributed by atoms with Gasteiger partial charge >= 0.3 is 0 Å². The molecule has 0 aromatic heterocycles. The number of rotatable bonds is 7. The number of piperazine rings is 1. The molecule has 0 bridgehead atoms. The van der Waals surface area contributed by atoms with Gasteiger partial charge in [0.05, 0.1) is 6.61 Å². The summed E-state index contributed by atoms with van der Waals surface area (Å²) in [4.78, 5) is 9.46. The molecule has 148 valence electrons. The highest BCUT2D eigenvalue weighted by atomic mass is 16.5. The smallest absolute Gasteiger partial charge is 0.119 e. The zero-order chi connectivity index (χ0) is 19.0. The van der Waals surface area contributed by atoms with E-state index in [4.69, 9.17) is 4.74 Å². The molecule has 0 unspecified atom stereocenters. The molecular weight excluding hydrogens is 348 g/mol. The van der Waals surface area contributed by atoms with Gasteiger partial charge < -0.3 is 15.0 Å². The van der Waals surface area contributed by atoms with Crippen LogP contribution in [-0.2, 0) is 0 Å². The molecule has 0 saturated carbocycles. The van der Waals surface area contributed by atoms with E-state index in [-0.39, 0.29) is 0 Å². The topological polar surface area (TPSA) is 40.1 Å². The van der Waals surface area contributed by atoms with Crippen molar-refractivity contribution in [3.05, 3.63) is 54.6 Å². The highest BCUT2D eigenvalue weighted by Gasteiger charge is 2.16. The van der Waals surface area contributed by atoms with E-state index in [9.17, 15) is 0 Å². The fourth-order valence-corrected chi connectivity index (χ4v) is 3.79. The normalized spacial score (nSPS) is 17.4. The van der Waals surface area contributed by atoms with Crippen LogP contribution in [-0.4, -0.2) is 56.6 Å². The lowest BCUT2D eigenvalue weighted by Crippen LogP contribution is -2.46. The molecule has 28 heavy (non-hydrogen) atoms. The van der Waals surface area contributed by atoms with Crippen molar-refractivity contribution in [2.45, 2.75) is 19.3 Å². The van der Waals surface area contributed by atoms with E-state index in [1.807, 2.05) is 12.1 Å². The lowest BCUT2D eigenvalue weighted by molar-refractivity contribution is 0.225. The maximum atomic E-state index is 5.92. The molecule has 4 rings (SSSR count). The van der Waals surface area contributed by atoms with Gasteiger partial charge in [-0.2, -0.15) is 0 Å². The van der Waals surface area contributed by atoms with Crippen molar-refractivity contribution >= 4 is 17.2 Å². The average Bonchev–Trinajstić information content (AvgIpc) is 3.27. The summed E-state index contributed by atoms with van der Waals surface area (Å²) in [5.74, 6) is 2.04. The number of aliphatic imine (C=N–C) groups is 1. The fraction of sp³-hybridized carbons (Fsp3) is 0.435. The summed E-state index contributed by atoms with van der Waals surface area (Å²) >= 11 is 0. The van der Waals surface area contributed by atoms with Gasteiger partial charge in [0.2, 0.25) is 0 Å². The van der Waals surface area contributed by atoms with Gasteiger partial charge in [0.25, 0.3) is 0 Å². The van der Waals surface area contributed by atoms with Crippen LogP contribution in [0.1, 0.15) is 19.3 Å². The summed E-state index contributed by atoms with van der Waals surface area (Å²) < 4.78 is 5.92. The van der Waals surface area contributed by atoms with Crippen LogP contribution in [0.3, 0.4) is 0 Å². The lowest BCUT2D eigenvalue weighted by Gasteiger charge is -2.36. The van der Waals surface area contributed by atoms with Crippen LogP contribution in [0, 0.1) is 0 Å². The molecule has 2 aliphatic heterocycles. The molecule has 0 aliphatic carbocycles. The van der Waals surface area contributed by atoms with Gasteiger partial charge in [-0.05, 0) is 49.2 Å². The molecule has 0 amide bonds. The number of ether oxygens (including phenoxy) is 1. The molecule has 2 aromatic carbocycles. The van der Waals surface area contributed by atoms with Gasteiger partial charge in [0, 0.05) is 57.1 Å². The summed E-state index contributed by atoms with van der Waals surface area (Å²) in [5.41, 5.74) is 2.42. The molecule has 2 heterocycles. The number of anilines is 2. The second kappa shape index (κ2) is 9.60. The second-order valence-corrected chi connectivity index (χ2v) is 7.45. The van der Waals surface area contributed by atoms with Crippen molar-refractivity contribution in [2.75, 3.05) is 56.1 Å². The Morgan fingerprint density at radius 1 is 0.929 bits per heavy atom. The predicted molar refractivity (Wildman–Crippen MR) is 117 cm³/mol. The van der Waals surface area contributed by atoms with Gasteiger partial charge in [0.15, 0.2) is 0 Å². The number of nitrogens with zero attached hydrogens (tertiary/aromatic N) is 3. The van der Waals surface area contributed by atoms with E-state index in [1.165, 1.54) is 5.69 Å². The van der Waals surface area contributed by atoms with Crippen LogP contribution in [0.25, 0.3) is 0 Å². The molecule has 0 spiro atoms. The van der Waals surface area contributed by atoms with E-state index in [0.29, 0.717) is 0 Å². The van der Waals surface area contributed by atoms with Crippen molar-refractivity contribution in [3.8, 4) is 5.75 Å². The van der Waals surface area contributed by atoms with Crippen LogP contribution < -0.4 is 15.0 Å². The van der Waals surface area contributed by atoms with E-state index in [0.717, 1.165) is 82.4 Å². The van der Waals surface area contributed by atoms with Crippen molar-refractivity contribution in [1.82, 2.24) is 4.90 Å². The number of amidine groups is 1. The Kier molecular flexibility index (Phi) is 6.45. The standard InChI is InChI=1S/C23H30N4O/c1-2-6-21(7-3-1)27-17-15-26(16-18-27)14-5-19-28-22-11-9-20(10-12-22)25-23-8-4-13-24-23/h1-3,6-7,9-12H,4-5,8,13-19H2,(H,24,25). The summed E-state index contributed by atoms with van der Waals surface area (Å²) in [6, 6.07) is 18.9. The Morgan fingerprint density at radius 3 is 2.43 bits per heavy atom. The van der Waals surface area contributed by atoms with Crippen molar-refractivity contribution in [2.24, 2.45) is 4.99 Å².